The minimum Gasteiger partial charge on any atom is -0.321 e. The van der Waals surface area contributed by atoms with Gasteiger partial charge >= 0.3 is 6.18 Å². The van der Waals surface area contributed by atoms with Gasteiger partial charge in [0, 0.05) is 10.4 Å². The molecule has 2 atom stereocenters. The minimum atomic E-state index is -4.11. The van der Waals surface area contributed by atoms with Crippen molar-refractivity contribution < 1.29 is 13.2 Å². The molecule has 0 amide bonds. The highest BCUT2D eigenvalue weighted by atomic mass is 32.1. The maximum Gasteiger partial charge on any atom is 0.391 e. The normalized spacial score (nSPS) is 30.5. The summed E-state index contributed by atoms with van der Waals surface area (Å²) in [7, 11) is 0. The van der Waals surface area contributed by atoms with Crippen molar-refractivity contribution in [3.8, 4) is 0 Å². The van der Waals surface area contributed by atoms with Gasteiger partial charge in [0.05, 0.1) is 5.92 Å². The van der Waals surface area contributed by atoms with Crippen LogP contribution in [0.4, 0.5) is 13.2 Å². The van der Waals surface area contributed by atoms with Crippen molar-refractivity contribution in [2.45, 2.75) is 44.3 Å². The predicted octanol–water partition coefficient (Wildman–Crippen LogP) is 3.96. The molecule has 1 heterocycles. The van der Waals surface area contributed by atoms with Crippen molar-refractivity contribution in [2.75, 3.05) is 0 Å². The van der Waals surface area contributed by atoms with Crippen LogP contribution in [-0.4, -0.2) is 6.18 Å². The number of nitrogens with two attached hydrogens (primary N) is 1. The van der Waals surface area contributed by atoms with Gasteiger partial charge in [-0.2, -0.15) is 13.2 Å². The molecule has 2 rings (SSSR count). The number of hydrogen-bond acceptors (Lipinski definition) is 2. The Balaban J connectivity index is 2.21. The lowest BCUT2D eigenvalue weighted by atomic mass is 9.73. The highest BCUT2D eigenvalue weighted by Gasteiger charge is 2.46. The third-order valence-electron chi connectivity index (χ3n) is 3.55. The van der Waals surface area contributed by atoms with Crippen molar-refractivity contribution in [2.24, 2.45) is 11.7 Å². The number of alkyl halides is 3. The molecular weight excluding hydrogens is 247 g/mol. The second kappa shape index (κ2) is 4.28. The van der Waals surface area contributed by atoms with Crippen LogP contribution in [0.15, 0.2) is 11.4 Å². The first-order valence-corrected chi connectivity index (χ1v) is 6.60. The smallest absolute Gasteiger partial charge is 0.321 e. The van der Waals surface area contributed by atoms with Gasteiger partial charge in [0.1, 0.15) is 0 Å². The fourth-order valence-corrected chi connectivity index (χ4v) is 3.36. The van der Waals surface area contributed by atoms with Crippen LogP contribution >= 0.6 is 11.3 Å². The van der Waals surface area contributed by atoms with E-state index in [1.807, 2.05) is 18.4 Å². The van der Waals surface area contributed by atoms with Crippen LogP contribution in [0.2, 0.25) is 0 Å². The Kier molecular flexibility index (Phi) is 3.25. The predicted molar refractivity (Wildman–Crippen MR) is 62.9 cm³/mol. The van der Waals surface area contributed by atoms with Crippen molar-refractivity contribution in [1.29, 1.82) is 0 Å². The maximum absolute atomic E-state index is 12.8. The zero-order valence-electron chi connectivity index (χ0n) is 9.68. The average Bonchev–Trinajstić information content (AvgIpc) is 2.64. The Morgan fingerprint density at radius 2 is 2.18 bits per heavy atom. The van der Waals surface area contributed by atoms with Gasteiger partial charge in [0.15, 0.2) is 0 Å². The Labute approximate surface area is 103 Å². The lowest BCUT2D eigenvalue weighted by molar-refractivity contribution is -0.187. The summed E-state index contributed by atoms with van der Waals surface area (Å²) in [5.74, 6) is -1.25. The van der Waals surface area contributed by atoms with Gasteiger partial charge in [-0.15, -0.1) is 11.3 Å². The fraction of sp³-hybridized carbons (Fsp3) is 0.667. The van der Waals surface area contributed by atoms with E-state index in [0.29, 0.717) is 12.8 Å². The molecule has 1 aliphatic rings. The molecule has 1 nitrogen and oxygen atoms in total. The highest BCUT2D eigenvalue weighted by molar-refractivity contribution is 7.10. The van der Waals surface area contributed by atoms with Gasteiger partial charge in [0.25, 0.3) is 0 Å². The SMILES string of the molecule is Cc1cc(C2(N)CCCC(C(F)(F)F)C2)cs1. The monoisotopic (exact) mass is 263 g/mol. The lowest BCUT2D eigenvalue weighted by Crippen LogP contribution is -2.44. The summed E-state index contributed by atoms with van der Waals surface area (Å²) in [6.07, 6.45) is -2.68. The Morgan fingerprint density at radius 1 is 1.47 bits per heavy atom. The Morgan fingerprint density at radius 3 is 2.71 bits per heavy atom. The lowest BCUT2D eigenvalue weighted by Gasteiger charge is -2.38. The summed E-state index contributed by atoms with van der Waals surface area (Å²) in [4.78, 5) is 1.10. The molecule has 1 aromatic rings. The second-order valence-corrected chi connectivity index (χ2v) is 6.05. The molecule has 0 saturated heterocycles. The van der Waals surface area contributed by atoms with Crippen molar-refractivity contribution in [1.82, 2.24) is 0 Å². The number of thiophene rings is 1. The van der Waals surface area contributed by atoms with Crippen LogP contribution in [0.1, 0.15) is 36.1 Å². The summed E-state index contributed by atoms with van der Waals surface area (Å²) in [6, 6.07) is 1.92. The standard InChI is InChI=1S/C12H16F3NS/c1-8-5-10(7-17-8)11(16)4-2-3-9(6-11)12(13,14)15/h5,7,9H,2-4,6,16H2,1H3. The molecule has 0 bridgehead atoms. The molecule has 0 aromatic carbocycles. The molecule has 17 heavy (non-hydrogen) atoms. The summed E-state index contributed by atoms with van der Waals surface area (Å²) >= 11 is 1.54. The average molecular weight is 263 g/mol. The van der Waals surface area contributed by atoms with E-state index in [4.69, 9.17) is 5.73 Å². The van der Waals surface area contributed by atoms with E-state index in [1.54, 1.807) is 11.3 Å². The number of halogens is 3. The molecular formula is C12H16F3NS. The van der Waals surface area contributed by atoms with Gasteiger partial charge in [-0.25, -0.2) is 0 Å². The van der Waals surface area contributed by atoms with Crippen LogP contribution in [0.25, 0.3) is 0 Å². The molecule has 0 radical (unpaired) electrons. The minimum absolute atomic E-state index is 0.0205. The first-order chi connectivity index (χ1) is 7.81. The van der Waals surface area contributed by atoms with E-state index in [1.165, 1.54) is 0 Å². The highest BCUT2D eigenvalue weighted by Crippen LogP contribution is 2.45. The zero-order valence-corrected chi connectivity index (χ0v) is 10.5. The molecule has 2 N–H and O–H groups in total. The number of rotatable bonds is 1. The second-order valence-electron chi connectivity index (χ2n) is 4.94. The molecule has 1 aromatic heterocycles. The van der Waals surface area contributed by atoms with Crippen molar-refractivity contribution in [3.63, 3.8) is 0 Å². The zero-order chi connectivity index (χ0) is 12.7. The summed E-state index contributed by atoms with van der Waals surface area (Å²) in [5.41, 5.74) is 6.27. The van der Waals surface area contributed by atoms with E-state index >= 15 is 0 Å². The first-order valence-electron chi connectivity index (χ1n) is 5.72. The molecule has 0 spiro atoms. The van der Waals surface area contributed by atoms with Gasteiger partial charge in [-0.3, -0.25) is 0 Å². The van der Waals surface area contributed by atoms with E-state index in [2.05, 4.69) is 0 Å². The third-order valence-corrected chi connectivity index (χ3v) is 4.42. The number of aryl methyl sites for hydroxylation is 1. The van der Waals surface area contributed by atoms with Crippen LogP contribution in [0.5, 0.6) is 0 Å². The van der Waals surface area contributed by atoms with Gasteiger partial charge in [-0.05, 0) is 43.2 Å². The van der Waals surface area contributed by atoms with E-state index in [-0.39, 0.29) is 12.8 Å². The molecule has 1 aliphatic carbocycles. The summed E-state index contributed by atoms with van der Waals surface area (Å²) in [5, 5.41) is 1.90. The van der Waals surface area contributed by atoms with Gasteiger partial charge in [0.2, 0.25) is 0 Å². The fourth-order valence-electron chi connectivity index (χ4n) is 2.55. The van der Waals surface area contributed by atoms with E-state index in [9.17, 15) is 13.2 Å². The maximum atomic E-state index is 12.8. The van der Waals surface area contributed by atoms with Crippen LogP contribution < -0.4 is 5.73 Å². The molecule has 96 valence electrons. The van der Waals surface area contributed by atoms with Crippen molar-refractivity contribution >= 4 is 11.3 Å². The first kappa shape index (κ1) is 12.9. The van der Waals surface area contributed by atoms with Crippen molar-refractivity contribution in [3.05, 3.63) is 21.9 Å². The Bertz CT molecular complexity index is 399. The molecule has 5 heteroatoms. The molecule has 1 saturated carbocycles. The summed E-state index contributed by atoms with van der Waals surface area (Å²) < 4.78 is 38.3. The van der Waals surface area contributed by atoms with E-state index in [0.717, 1.165) is 10.4 Å². The van der Waals surface area contributed by atoms with Gasteiger partial charge < -0.3 is 5.73 Å². The van der Waals surface area contributed by atoms with Crippen LogP contribution in [0, 0.1) is 12.8 Å². The van der Waals surface area contributed by atoms with E-state index < -0.39 is 17.6 Å². The van der Waals surface area contributed by atoms with Gasteiger partial charge in [-0.1, -0.05) is 6.42 Å². The van der Waals surface area contributed by atoms with Crippen LogP contribution in [0.3, 0.4) is 0 Å². The number of hydrogen-bond donors (Lipinski definition) is 1. The summed E-state index contributed by atoms with van der Waals surface area (Å²) in [6.45, 7) is 1.95. The molecule has 0 aliphatic heterocycles. The topological polar surface area (TPSA) is 26.0 Å². The molecule has 2 unspecified atom stereocenters. The third kappa shape index (κ3) is 2.65. The van der Waals surface area contributed by atoms with Crippen LogP contribution in [-0.2, 0) is 5.54 Å². The molecule has 1 fully saturated rings. The largest absolute Gasteiger partial charge is 0.391 e. The Hall–Kier alpha value is -0.550. The quantitative estimate of drug-likeness (QED) is 0.815.